The van der Waals surface area contributed by atoms with Crippen LogP contribution in [0.2, 0.25) is 0 Å². The van der Waals surface area contributed by atoms with Crippen molar-refractivity contribution in [2.45, 2.75) is 20.8 Å². The zero-order valence-corrected chi connectivity index (χ0v) is 23.1. The van der Waals surface area contributed by atoms with Gasteiger partial charge in [-0.05, 0) is 102 Å². The first-order valence-corrected chi connectivity index (χ1v) is 12.6. The van der Waals surface area contributed by atoms with E-state index < -0.39 is 5.91 Å². The zero-order valence-electron chi connectivity index (χ0n) is 21.6. The van der Waals surface area contributed by atoms with E-state index >= 15 is 0 Å². The van der Waals surface area contributed by atoms with Crippen molar-refractivity contribution in [3.8, 4) is 23.3 Å². The van der Waals surface area contributed by atoms with Crippen molar-refractivity contribution < 1.29 is 23.8 Å². The van der Waals surface area contributed by atoms with Crippen LogP contribution in [-0.4, -0.2) is 32.1 Å². The molecule has 2 N–H and O–H groups in total. The van der Waals surface area contributed by atoms with E-state index in [0.717, 1.165) is 16.8 Å². The van der Waals surface area contributed by atoms with Gasteiger partial charge in [0.15, 0.2) is 18.1 Å². The highest BCUT2D eigenvalue weighted by atomic mass is 79.9. The minimum Gasteiger partial charge on any atom is -0.497 e. The number of carbonyl (C=O) groups is 2. The third kappa shape index (κ3) is 7.37. The van der Waals surface area contributed by atoms with Crippen LogP contribution in [0.3, 0.4) is 0 Å². The van der Waals surface area contributed by atoms with Gasteiger partial charge in [0, 0.05) is 11.4 Å². The van der Waals surface area contributed by atoms with Gasteiger partial charge in [0.1, 0.15) is 17.4 Å². The topological polar surface area (TPSA) is 110 Å². The van der Waals surface area contributed by atoms with Gasteiger partial charge in [0.25, 0.3) is 11.8 Å². The molecule has 0 atom stereocenters. The maximum atomic E-state index is 12.7. The summed E-state index contributed by atoms with van der Waals surface area (Å²) in [6.45, 7) is 5.83. The van der Waals surface area contributed by atoms with Crippen LogP contribution in [0.15, 0.2) is 64.6 Å². The monoisotopic (exact) mass is 577 g/mol. The largest absolute Gasteiger partial charge is 0.497 e. The second kappa shape index (κ2) is 13.3. The molecular weight excluding hydrogens is 550 g/mol. The van der Waals surface area contributed by atoms with Crippen molar-refractivity contribution in [3.63, 3.8) is 0 Å². The van der Waals surface area contributed by atoms with Gasteiger partial charge in [-0.15, -0.1) is 0 Å². The highest BCUT2D eigenvalue weighted by Gasteiger charge is 2.16. The summed E-state index contributed by atoms with van der Waals surface area (Å²) in [6.07, 6.45) is 1.45. The number of ether oxygens (including phenoxy) is 3. The lowest BCUT2D eigenvalue weighted by Crippen LogP contribution is -2.21. The van der Waals surface area contributed by atoms with E-state index in [-0.39, 0.29) is 18.1 Å². The maximum absolute atomic E-state index is 12.7. The quantitative estimate of drug-likeness (QED) is 0.224. The Hall–Kier alpha value is -4.29. The Labute approximate surface area is 230 Å². The first-order chi connectivity index (χ1) is 18.2. The number of amides is 2. The second-order valence-electron chi connectivity index (χ2n) is 8.20. The average molecular weight is 578 g/mol. The van der Waals surface area contributed by atoms with E-state index in [1.165, 1.54) is 6.08 Å². The molecule has 0 aliphatic heterocycles. The highest BCUT2D eigenvalue weighted by Crippen LogP contribution is 2.37. The van der Waals surface area contributed by atoms with E-state index in [2.05, 4.69) is 26.6 Å². The summed E-state index contributed by atoms with van der Waals surface area (Å²) in [5, 5.41) is 15.2. The molecule has 0 aliphatic carbocycles. The van der Waals surface area contributed by atoms with Crippen LogP contribution in [0.5, 0.6) is 17.2 Å². The van der Waals surface area contributed by atoms with Crippen molar-refractivity contribution in [3.05, 3.63) is 81.3 Å². The van der Waals surface area contributed by atoms with Gasteiger partial charge < -0.3 is 24.8 Å². The van der Waals surface area contributed by atoms with Crippen LogP contribution in [0.25, 0.3) is 6.08 Å². The third-order valence-electron chi connectivity index (χ3n) is 5.58. The molecule has 3 aromatic rings. The maximum Gasteiger partial charge on any atom is 0.266 e. The van der Waals surface area contributed by atoms with Gasteiger partial charge in [-0.25, -0.2) is 0 Å². The van der Waals surface area contributed by atoms with Gasteiger partial charge in [-0.1, -0.05) is 12.1 Å². The van der Waals surface area contributed by atoms with Gasteiger partial charge in [-0.3, -0.25) is 9.59 Å². The molecule has 0 fully saturated rings. The first-order valence-electron chi connectivity index (χ1n) is 11.8. The molecule has 3 rings (SSSR count). The first kappa shape index (κ1) is 28.3. The van der Waals surface area contributed by atoms with E-state index in [1.807, 2.05) is 45.0 Å². The minimum absolute atomic E-state index is 0.100. The minimum atomic E-state index is -0.560. The van der Waals surface area contributed by atoms with Crippen molar-refractivity contribution in [1.82, 2.24) is 0 Å². The Balaban J connectivity index is 1.76. The summed E-state index contributed by atoms with van der Waals surface area (Å²) in [6, 6.07) is 17.7. The van der Waals surface area contributed by atoms with Crippen molar-refractivity contribution in [2.75, 3.05) is 31.0 Å². The Kier molecular flexibility index (Phi) is 9.91. The van der Waals surface area contributed by atoms with Gasteiger partial charge in [0.2, 0.25) is 0 Å². The number of hydrogen-bond donors (Lipinski definition) is 2. The number of methoxy groups -OCH3 is 1. The van der Waals surface area contributed by atoms with Crippen LogP contribution in [0, 0.1) is 25.2 Å². The number of nitrogens with one attached hydrogen (secondary N) is 2. The molecule has 196 valence electrons. The van der Waals surface area contributed by atoms with Crippen molar-refractivity contribution >= 4 is 45.2 Å². The van der Waals surface area contributed by atoms with Gasteiger partial charge in [-0.2, -0.15) is 5.26 Å². The number of carbonyl (C=O) groups excluding carboxylic acids is 2. The summed E-state index contributed by atoms with van der Waals surface area (Å²) in [7, 11) is 1.55. The Morgan fingerprint density at radius 1 is 1.05 bits per heavy atom. The van der Waals surface area contributed by atoms with Crippen LogP contribution < -0.4 is 24.8 Å². The van der Waals surface area contributed by atoms with Crippen molar-refractivity contribution in [2.24, 2.45) is 0 Å². The number of nitriles is 1. The molecule has 0 spiro atoms. The molecule has 8 nitrogen and oxygen atoms in total. The lowest BCUT2D eigenvalue weighted by Gasteiger charge is -2.15. The molecule has 0 aromatic heterocycles. The normalized spacial score (nSPS) is 10.8. The fraction of sp³-hybridized carbons (Fsp3) is 0.207. The SMILES string of the molecule is CCOc1cc(/C=C(/C#N)C(=O)Nc2ccc(OC)cc2)cc(Br)c1OCC(=O)Nc1cccc(C)c1C. The Morgan fingerprint density at radius 3 is 2.45 bits per heavy atom. The van der Waals surface area contributed by atoms with Crippen LogP contribution in [-0.2, 0) is 9.59 Å². The second-order valence-corrected chi connectivity index (χ2v) is 9.05. The number of aryl methyl sites for hydroxylation is 1. The predicted molar refractivity (Wildman–Crippen MR) is 151 cm³/mol. The number of anilines is 2. The molecule has 0 aliphatic rings. The highest BCUT2D eigenvalue weighted by molar-refractivity contribution is 9.10. The molecule has 0 bridgehead atoms. The Bertz CT molecular complexity index is 1390. The van der Waals surface area contributed by atoms with E-state index in [4.69, 9.17) is 14.2 Å². The van der Waals surface area contributed by atoms with Crippen molar-refractivity contribution in [1.29, 1.82) is 5.26 Å². The summed E-state index contributed by atoms with van der Waals surface area (Å²) < 4.78 is 17.1. The van der Waals surface area contributed by atoms with Gasteiger partial charge in [0.05, 0.1) is 18.2 Å². The summed E-state index contributed by atoms with van der Waals surface area (Å²) in [4.78, 5) is 25.2. The van der Waals surface area contributed by atoms with E-state index in [9.17, 15) is 14.9 Å². The molecule has 0 saturated heterocycles. The molecule has 0 heterocycles. The van der Waals surface area contributed by atoms with Crippen LogP contribution >= 0.6 is 15.9 Å². The molecule has 0 unspecified atom stereocenters. The predicted octanol–water partition coefficient (Wildman–Crippen LogP) is 6.04. The number of benzene rings is 3. The van der Waals surface area contributed by atoms with Crippen LogP contribution in [0.1, 0.15) is 23.6 Å². The van der Waals surface area contributed by atoms with Crippen LogP contribution in [0.4, 0.5) is 11.4 Å². The fourth-order valence-electron chi connectivity index (χ4n) is 3.47. The fourth-order valence-corrected chi connectivity index (χ4v) is 4.05. The number of rotatable bonds is 10. The molecule has 38 heavy (non-hydrogen) atoms. The molecule has 3 aromatic carbocycles. The van der Waals surface area contributed by atoms with E-state index in [1.54, 1.807) is 43.5 Å². The lowest BCUT2D eigenvalue weighted by molar-refractivity contribution is -0.118. The summed E-state index contributed by atoms with van der Waals surface area (Å²) >= 11 is 3.46. The van der Waals surface area contributed by atoms with Gasteiger partial charge >= 0.3 is 0 Å². The average Bonchev–Trinajstić information content (AvgIpc) is 2.90. The lowest BCUT2D eigenvalue weighted by atomic mass is 10.1. The standard InChI is InChI=1S/C29H28BrN3O5/c1-5-37-26-15-20(13-21(16-31)29(35)32-22-9-11-23(36-4)12-10-22)14-24(30)28(26)38-17-27(34)33-25-8-6-7-18(2)19(25)3/h6-15H,5,17H2,1-4H3,(H,32,35)(H,33,34)/b21-13-. The molecular formula is C29H28BrN3O5. The molecule has 0 radical (unpaired) electrons. The summed E-state index contributed by atoms with van der Waals surface area (Å²) in [5.41, 5.74) is 3.74. The molecule has 2 amide bonds. The number of nitrogens with zero attached hydrogens (tertiary/aromatic N) is 1. The number of halogens is 1. The third-order valence-corrected chi connectivity index (χ3v) is 6.17. The zero-order chi connectivity index (χ0) is 27.7. The number of hydrogen-bond acceptors (Lipinski definition) is 6. The summed E-state index contributed by atoms with van der Waals surface area (Å²) in [5.74, 6) is 0.466. The Morgan fingerprint density at radius 2 is 1.79 bits per heavy atom. The molecule has 0 saturated carbocycles. The van der Waals surface area contributed by atoms with E-state index in [0.29, 0.717) is 39.6 Å². The molecule has 9 heteroatoms. The smallest absolute Gasteiger partial charge is 0.266 e.